The highest BCUT2D eigenvalue weighted by Crippen LogP contribution is 2.30. The van der Waals surface area contributed by atoms with Gasteiger partial charge < -0.3 is 15.0 Å². The van der Waals surface area contributed by atoms with Crippen molar-refractivity contribution in [3.05, 3.63) is 35.1 Å². The summed E-state index contributed by atoms with van der Waals surface area (Å²) < 4.78 is 18.7. The first kappa shape index (κ1) is 20.2. The summed E-state index contributed by atoms with van der Waals surface area (Å²) in [5.41, 5.74) is 0.927. The van der Waals surface area contributed by atoms with Crippen LogP contribution in [0.1, 0.15) is 57.1 Å². The molecule has 1 N–H and O–H groups in total. The molecule has 1 fully saturated rings. The van der Waals surface area contributed by atoms with Crippen LogP contribution in [-0.4, -0.2) is 42.8 Å². The van der Waals surface area contributed by atoms with Crippen LogP contribution in [0, 0.1) is 17.1 Å². The van der Waals surface area contributed by atoms with Crippen LogP contribution in [0.15, 0.2) is 18.2 Å². The average molecular weight is 361 g/mol. The summed E-state index contributed by atoms with van der Waals surface area (Å²) in [6.45, 7) is 8.83. The Hall–Kier alpha value is -2.13. The van der Waals surface area contributed by atoms with E-state index in [9.17, 15) is 14.4 Å². The molecular formula is C20H28FN3O2. The molecule has 1 amide bonds. The van der Waals surface area contributed by atoms with Gasteiger partial charge in [-0.2, -0.15) is 5.26 Å². The van der Waals surface area contributed by atoms with E-state index in [2.05, 4.69) is 16.3 Å². The summed E-state index contributed by atoms with van der Waals surface area (Å²) in [5.74, 6) is -0.0499. The van der Waals surface area contributed by atoms with E-state index < -0.39 is 5.60 Å². The zero-order valence-corrected chi connectivity index (χ0v) is 15.8. The van der Waals surface area contributed by atoms with Crippen LogP contribution < -0.4 is 5.32 Å². The first-order valence-electron chi connectivity index (χ1n) is 9.17. The summed E-state index contributed by atoms with van der Waals surface area (Å²) in [6.07, 6.45) is 2.30. The highest BCUT2D eigenvalue weighted by molar-refractivity contribution is 5.67. The molecule has 6 heteroatoms. The van der Waals surface area contributed by atoms with E-state index in [-0.39, 0.29) is 17.8 Å². The number of carbonyl (C=O) groups excluding carboxylic acids is 1. The molecule has 1 aliphatic heterocycles. The minimum atomic E-state index is -0.481. The third-order valence-electron chi connectivity index (χ3n) is 4.48. The van der Waals surface area contributed by atoms with Gasteiger partial charge in [0.2, 0.25) is 0 Å². The van der Waals surface area contributed by atoms with Crippen LogP contribution in [0.3, 0.4) is 0 Å². The van der Waals surface area contributed by atoms with Crippen LogP contribution in [0.2, 0.25) is 0 Å². The second kappa shape index (κ2) is 9.00. The number of carbonyl (C=O) groups is 1. The molecule has 1 saturated heterocycles. The quantitative estimate of drug-likeness (QED) is 0.811. The summed E-state index contributed by atoms with van der Waals surface area (Å²) in [4.78, 5) is 13.9. The Bertz CT molecular complexity index is 656. The molecule has 142 valence electrons. The fraction of sp³-hybridized carbons (Fsp3) is 0.600. The number of rotatable bonds is 5. The number of hydrogen-bond acceptors (Lipinski definition) is 4. The van der Waals surface area contributed by atoms with Crippen molar-refractivity contribution in [2.75, 3.05) is 26.2 Å². The molecule has 0 spiro atoms. The number of nitrogens with one attached hydrogen (secondary N) is 1. The van der Waals surface area contributed by atoms with Gasteiger partial charge in [0.15, 0.2) is 0 Å². The van der Waals surface area contributed by atoms with E-state index in [4.69, 9.17) is 4.74 Å². The number of nitrogens with zero attached hydrogens (tertiary/aromatic N) is 2. The Balaban J connectivity index is 1.72. The van der Waals surface area contributed by atoms with Crippen molar-refractivity contribution in [3.63, 3.8) is 0 Å². The highest BCUT2D eigenvalue weighted by Gasteiger charge is 2.23. The Kier molecular flexibility index (Phi) is 6.98. The first-order valence-corrected chi connectivity index (χ1v) is 9.17. The predicted octanol–water partition coefficient (Wildman–Crippen LogP) is 3.79. The van der Waals surface area contributed by atoms with Gasteiger partial charge in [0.25, 0.3) is 0 Å². The third-order valence-corrected chi connectivity index (χ3v) is 4.48. The monoisotopic (exact) mass is 361 g/mol. The van der Waals surface area contributed by atoms with Crippen molar-refractivity contribution in [2.24, 2.45) is 0 Å². The minimum absolute atomic E-state index is 0.233. The summed E-state index contributed by atoms with van der Waals surface area (Å²) in [5, 5.41) is 12.0. The van der Waals surface area contributed by atoms with Gasteiger partial charge in [0, 0.05) is 6.54 Å². The maximum Gasteiger partial charge on any atom is 0.407 e. The number of likely N-dealkylation sites (tertiary alicyclic amines) is 1. The Morgan fingerprint density at radius 2 is 2.08 bits per heavy atom. The number of ether oxygens (including phenoxy) is 1. The number of benzene rings is 1. The highest BCUT2D eigenvalue weighted by atomic mass is 19.1. The van der Waals surface area contributed by atoms with Gasteiger partial charge in [-0.05, 0) is 89.3 Å². The van der Waals surface area contributed by atoms with Crippen molar-refractivity contribution < 1.29 is 13.9 Å². The lowest BCUT2D eigenvalue weighted by molar-refractivity contribution is 0.0525. The first-order chi connectivity index (χ1) is 12.3. The number of piperidine rings is 1. The molecule has 0 saturated carbocycles. The van der Waals surface area contributed by atoms with Gasteiger partial charge in [0.1, 0.15) is 11.4 Å². The second-order valence-corrected chi connectivity index (χ2v) is 7.74. The lowest BCUT2D eigenvalue weighted by atomic mass is 9.86. The molecule has 0 radical (unpaired) electrons. The van der Waals surface area contributed by atoms with Crippen LogP contribution in [0.25, 0.3) is 0 Å². The molecule has 1 heterocycles. The normalized spacial score (nSPS) is 16.1. The molecule has 0 unspecified atom stereocenters. The number of halogens is 1. The largest absolute Gasteiger partial charge is 0.444 e. The van der Waals surface area contributed by atoms with E-state index >= 15 is 0 Å². The maximum atomic E-state index is 13.5. The van der Waals surface area contributed by atoms with Gasteiger partial charge in [-0.1, -0.05) is 0 Å². The maximum absolute atomic E-state index is 13.5. The van der Waals surface area contributed by atoms with Gasteiger partial charge in [-0.25, -0.2) is 9.18 Å². The molecule has 2 rings (SSSR count). The van der Waals surface area contributed by atoms with E-state index in [0.717, 1.165) is 44.5 Å². The van der Waals surface area contributed by atoms with Crippen LogP contribution in [0.4, 0.5) is 9.18 Å². The molecule has 0 bridgehead atoms. The Morgan fingerprint density at radius 3 is 2.69 bits per heavy atom. The Labute approximate surface area is 155 Å². The summed E-state index contributed by atoms with van der Waals surface area (Å²) in [6, 6.07) is 6.58. The molecule has 1 aromatic rings. The molecule has 26 heavy (non-hydrogen) atoms. The SMILES string of the molecule is CC(C)(C)OC(=O)NCCCN1CCC(c2cc(F)ccc2C#N)CC1. The molecule has 0 aromatic heterocycles. The topological polar surface area (TPSA) is 65.4 Å². The van der Waals surface area contributed by atoms with E-state index in [1.54, 1.807) is 6.07 Å². The van der Waals surface area contributed by atoms with E-state index in [1.807, 2.05) is 20.8 Å². The molecule has 0 atom stereocenters. The fourth-order valence-electron chi connectivity index (χ4n) is 3.25. The van der Waals surface area contributed by atoms with E-state index in [1.165, 1.54) is 12.1 Å². The van der Waals surface area contributed by atoms with Crippen molar-refractivity contribution in [2.45, 2.75) is 51.6 Å². The molecular weight excluding hydrogens is 333 g/mol. The van der Waals surface area contributed by atoms with Crippen LogP contribution in [-0.2, 0) is 4.74 Å². The van der Waals surface area contributed by atoms with E-state index in [0.29, 0.717) is 12.1 Å². The van der Waals surface area contributed by atoms with Gasteiger partial charge in [0.05, 0.1) is 11.6 Å². The van der Waals surface area contributed by atoms with Crippen molar-refractivity contribution in [3.8, 4) is 6.07 Å². The lowest BCUT2D eigenvalue weighted by Crippen LogP contribution is -2.37. The standard InChI is InChI=1S/C20H28FN3O2/c1-20(2,3)26-19(25)23-9-4-10-24-11-7-15(8-12-24)18-13-17(21)6-5-16(18)14-22/h5-6,13,15H,4,7-12H2,1-3H3,(H,23,25). The van der Waals surface area contributed by atoms with Crippen LogP contribution in [0.5, 0.6) is 0 Å². The number of hydrogen-bond donors (Lipinski definition) is 1. The second-order valence-electron chi connectivity index (χ2n) is 7.74. The van der Waals surface area contributed by atoms with Crippen molar-refractivity contribution in [1.29, 1.82) is 5.26 Å². The van der Waals surface area contributed by atoms with Gasteiger partial charge >= 0.3 is 6.09 Å². The minimum Gasteiger partial charge on any atom is -0.444 e. The summed E-state index contributed by atoms with van der Waals surface area (Å²) in [7, 11) is 0. The summed E-state index contributed by atoms with van der Waals surface area (Å²) >= 11 is 0. The lowest BCUT2D eigenvalue weighted by Gasteiger charge is -2.32. The fourth-order valence-corrected chi connectivity index (χ4v) is 3.25. The number of alkyl carbamates (subject to hydrolysis) is 1. The average Bonchev–Trinajstić information content (AvgIpc) is 2.58. The molecule has 1 aliphatic rings. The van der Waals surface area contributed by atoms with Crippen molar-refractivity contribution in [1.82, 2.24) is 10.2 Å². The molecule has 0 aliphatic carbocycles. The van der Waals surface area contributed by atoms with Crippen molar-refractivity contribution >= 4 is 6.09 Å². The molecule has 5 nitrogen and oxygen atoms in total. The van der Waals surface area contributed by atoms with Gasteiger partial charge in [-0.15, -0.1) is 0 Å². The molecule has 1 aromatic carbocycles. The predicted molar refractivity (Wildman–Crippen MR) is 98.4 cm³/mol. The van der Waals surface area contributed by atoms with Crippen LogP contribution >= 0.6 is 0 Å². The number of amides is 1. The smallest absolute Gasteiger partial charge is 0.407 e. The van der Waals surface area contributed by atoms with Gasteiger partial charge in [-0.3, -0.25) is 0 Å². The number of nitriles is 1. The zero-order chi connectivity index (χ0) is 19.2. The zero-order valence-electron chi connectivity index (χ0n) is 15.8. The Morgan fingerprint density at radius 1 is 1.38 bits per heavy atom. The third kappa shape index (κ3) is 6.30.